The van der Waals surface area contributed by atoms with Gasteiger partial charge in [-0.3, -0.25) is 4.99 Å². The first-order chi connectivity index (χ1) is 14.3. The number of guanidine groups is 1. The largest absolute Gasteiger partial charge is 0.356 e. The van der Waals surface area contributed by atoms with Crippen LogP contribution in [0.1, 0.15) is 29.8 Å². The molecule has 0 fully saturated rings. The molecule has 6 nitrogen and oxygen atoms in total. The fourth-order valence-electron chi connectivity index (χ4n) is 3.41. The van der Waals surface area contributed by atoms with Crippen LogP contribution in [0.2, 0.25) is 0 Å². The molecule has 1 atom stereocenters. The predicted molar refractivity (Wildman–Crippen MR) is 134 cm³/mol. The lowest BCUT2D eigenvalue weighted by Crippen LogP contribution is -2.41. The Balaban J connectivity index is 0.00000320. The molecular formula is C23H31IN6. The minimum atomic E-state index is 0. The first-order valence-electron chi connectivity index (χ1n) is 10.2. The number of rotatable bonds is 9. The summed E-state index contributed by atoms with van der Waals surface area (Å²) in [7, 11) is 1.81. The molecule has 0 amide bonds. The molecule has 1 heterocycles. The summed E-state index contributed by atoms with van der Waals surface area (Å²) >= 11 is 0. The maximum absolute atomic E-state index is 4.38. The number of aryl methyl sites for hydroxylation is 1. The highest BCUT2D eigenvalue weighted by Crippen LogP contribution is 2.20. The van der Waals surface area contributed by atoms with Crippen LogP contribution in [-0.2, 0) is 19.4 Å². The van der Waals surface area contributed by atoms with Gasteiger partial charge in [-0.15, -0.1) is 34.2 Å². The molecule has 3 aromatic rings. The standard InChI is InChI=1S/C23H30N6.HI/c1-3-22-28-27-18-29(22)15-14-25-23(24-2)26-17-21(20-12-8-5-9-13-20)16-19-10-6-4-7-11-19;/h4-13,18,21H,3,14-17H2,1-2H3,(H2,24,25,26);1H. The van der Waals surface area contributed by atoms with Gasteiger partial charge in [-0.2, -0.15) is 0 Å². The van der Waals surface area contributed by atoms with Crippen molar-refractivity contribution in [2.24, 2.45) is 4.99 Å². The molecule has 0 spiro atoms. The van der Waals surface area contributed by atoms with Gasteiger partial charge in [-0.1, -0.05) is 67.6 Å². The van der Waals surface area contributed by atoms with Crippen LogP contribution in [0.3, 0.4) is 0 Å². The van der Waals surface area contributed by atoms with E-state index in [2.05, 4.69) is 98.0 Å². The van der Waals surface area contributed by atoms with Crippen LogP contribution in [0.25, 0.3) is 0 Å². The first-order valence-corrected chi connectivity index (χ1v) is 10.2. The summed E-state index contributed by atoms with van der Waals surface area (Å²) in [6, 6.07) is 21.3. The molecule has 7 heteroatoms. The second-order valence-electron chi connectivity index (χ2n) is 6.97. The van der Waals surface area contributed by atoms with Crippen molar-refractivity contribution in [3.05, 3.63) is 83.9 Å². The summed E-state index contributed by atoms with van der Waals surface area (Å²) in [5, 5.41) is 15.0. The first kappa shape index (κ1) is 23.9. The van der Waals surface area contributed by atoms with Gasteiger partial charge in [-0.25, -0.2) is 0 Å². The van der Waals surface area contributed by atoms with Crippen molar-refractivity contribution in [3.8, 4) is 0 Å². The molecule has 3 rings (SSSR count). The van der Waals surface area contributed by atoms with E-state index in [1.165, 1.54) is 11.1 Å². The molecule has 30 heavy (non-hydrogen) atoms. The van der Waals surface area contributed by atoms with Gasteiger partial charge < -0.3 is 15.2 Å². The Kier molecular flexibility index (Phi) is 10.3. The van der Waals surface area contributed by atoms with Crippen LogP contribution in [-0.4, -0.2) is 40.9 Å². The highest BCUT2D eigenvalue weighted by atomic mass is 127. The summed E-state index contributed by atoms with van der Waals surface area (Å²) in [6.07, 6.45) is 3.64. The van der Waals surface area contributed by atoms with Crippen LogP contribution in [0, 0.1) is 0 Å². The smallest absolute Gasteiger partial charge is 0.191 e. The number of nitrogens with one attached hydrogen (secondary N) is 2. The zero-order chi connectivity index (χ0) is 20.3. The van der Waals surface area contributed by atoms with Crippen LogP contribution in [0.15, 0.2) is 72.0 Å². The van der Waals surface area contributed by atoms with Crippen molar-refractivity contribution in [2.45, 2.75) is 32.2 Å². The van der Waals surface area contributed by atoms with Crippen molar-refractivity contribution in [1.82, 2.24) is 25.4 Å². The molecule has 0 aliphatic rings. The molecule has 1 aromatic heterocycles. The van der Waals surface area contributed by atoms with E-state index in [9.17, 15) is 0 Å². The molecule has 2 N–H and O–H groups in total. The number of aliphatic imine (C=N–C) groups is 1. The van der Waals surface area contributed by atoms with E-state index in [0.717, 1.165) is 44.3 Å². The predicted octanol–water partition coefficient (Wildman–Crippen LogP) is 3.65. The third-order valence-corrected chi connectivity index (χ3v) is 4.99. The number of benzene rings is 2. The van der Waals surface area contributed by atoms with E-state index in [0.29, 0.717) is 5.92 Å². The Labute approximate surface area is 196 Å². The second kappa shape index (κ2) is 13.0. The molecule has 0 aliphatic heterocycles. The van der Waals surface area contributed by atoms with Gasteiger partial charge in [0, 0.05) is 39.0 Å². The Morgan fingerprint density at radius 2 is 1.73 bits per heavy atom. The van der Waals surface area contributed by atoms with Gasteiger partial charge in [0.15, 0.2) is 5.96 Å². The van der Waals surface area contributed by atoms with E-state index in [1.807, 2.05) is 0 Å². The van der Waals surface area contributed by atoms with Crippen LogP contribution < -0.4 is 10.6 Å². The van der Waals surface area contributed by atoms with Crippen molar-refractivity contribution in [3.63, 3.8) is 0 Å². The highest BCUT2D eigenvalue weighted by Gasteiger charge is 2.13. The van der Waals surface area contributed by atoms with Gasteiger partial charge in [0.25, 0.3) is 0 Å². The lowest BCUT2D eigenvalue weighted by Gasteiger charge is -2.20. The average Bonchev–Trinajstić information content (AvgIpc) is 3.24. The second-order valence-corrected chi connectivity index (χ2v) is 6.97. The summed E-state index contributed by atoms with van der Waals surface area (Å²) in [4.78, 5) is 4.38. The summed E-state index contributed by atoms with van der Waals surface area (Å²) in [5.41, 5.74) is 2.67. The van der Waals surface area contributed by atoms with Crippen LogP contribution >= 0.6 is 24.0 Å². The van der Waals surface area contributed by atoms with E-state index in [-0.39, 0.29) is 24.0 Å². The molecule has 0 saturated carbocycles. The van der Waals surface area contributed by atoms with E-state index in [4.69, 9.17) is 0 Å². The molecule has 1 unspecified atom stereocenters. The Hall–Kier alpha value is -2.42. The van der Waals surface area contributed by atoms with Crippen LogP contribution in [0.4, 0.5) is 0 Å². The average molecular weight is 518 g/mol. The van der Waals surface area contributed by atoms with Crippen molar-refractivity contribution < 1.29 is 0 Å². The minimum absolute atomic E-state index is 0. The third-order valence-electron chi connectivity index (χ3n) is 4.99. The number of halogens is 1. The molecule has 0 saturated heterocycles. The van der Waals surface area contributed by atoms with Gasteiger partial charge in [0.1, 0.15) is 12.2 Å². The SMILES string of the molecule is CCc1nncn1CCNC(=NC)NCC(Cc1ccccc1)c1ccccc1.I. The lowest BCUT2D eigenvalue weighted by atomic mass is 9.92. The molecule has 0 aliphatic carbocycles. The maximum Gasteiger partial charge on any atom is 0.191 e. The minimum Gasteiger partial charge on any atom is -0.356 e. The number of aromatic nitrogens is 3. The van der Waals surface area contributed by atoms with E-state index in [1.54, 1.807) is 13.4 Å². The van der Waals surface area contributed by atoms with E-state index < -0.39 is 0 Å². The van der Waals surface area contributed by atoms with Gasteiger partial charge in [-0.05, 0) is 17.5 Å². The zero-order valence-corrected chi connectivity index (χ0v) is 20.0. The summed E-state index contributed by atoms with van der Waals surface area (Å²) in [6.45, 7) is 4.47. The number of hydrogen-bond acceptors (Lipinski definition) is 3. The Bertz CT molecular complexity index is 879. The Morgan fingerprint density at radius 3 is 2.40 bits per heavy atom. The molecule has 160 valence electrons. The fraction of sp³-hybridized carbons (Fsp3) is 0.348. The maximum atomic E-state index is 4.38. The van der Waals surface area contributed by atoms with Gasteiger partial charge in [0.2, 0.25) is 0 Å². The fourth-order valence-corrected chi connectivity index (χ4v) is 3.41. The Morgan fingerprint density at radius 1 is 1.03 bits per heavy atom. The van der Waals surface area contributed by atoms with E-state index >= 15 is 0 Å². The van der Waals surface area contributed by atoms with Crippen LogP contribution in [0.5, 0.6) is 0 Å². The highest BCUT2D eigenvalue weighted by molar-refractivity contribution is 14.0. The molecular weight excluding hydrogens is 487 g/mol. The lowest BCUT2D eigenvalue weighted by molar-refractivity contribution is 0.616. The van der Waals surface area contributed by atoms with Crippen molar-refractivity contribution in [2.75, 3.05) is 20.1 Å². The normalized spacial score (nSPS) is 12.1. The van der Waals surface area contributed by atoms with Gasteiger partial charge >= 0.3 is 0 Å². The quantitative estimate of drug-likeness (QED) is 0.258. The summed E-state index contributed by atoms with van der Waals surface area (Å²) in [5.74, 6) is 2.17. The number of hydrogen-bond donors (Lipinski definition) is 2. The topological polar surface area (TPSA) is 67.1 Å². The van der Waals surface area contributed by atoms with Crippen molar-refractivity contribution >= 4 is 29.9 Å². The zero-order valence-electron chi connectivity index (χ0n) is 17.7. The molecule has 0 bridgehead atoms. The molecule has 0 radical (unpaired) electrons. The van der Waals surface area contributed by atoms with Crippen molar-refractivity contribution in [1.29, 1.82) is 0 Å². The monoisotopic (exact) mass is 518 g/mol. The third kappa shape index (κ3) is 7.12. The summed E-state index contributed by atoms with van der Waals surface area (Å²) < 4.78 is 2.07. The molecule has 2 aromatic carbocycles. The van der Waals surface area contributed by atoms with Gasteiger partial charge in [0.05, 0.1) is 0 Å². The number of nitrogens with zero attached hydrogens (tertiary/aromatic N) is 4.